The summed E-state index contributed by atoms with van der Waals surface area (Å²) in [7, 11) is -3.04. The second-order valence-electron chi connectivity index (χ2n) is 5.21. The molecule has 8 nitrogen and oxygen atoms in total. The topological polar surface area (TPSA) is 129 Å². The van der Waals surface area contributed by atoms with Crippen molar-refractivity contribution in [3.8, 4) is 0 Å². The fourth-order valence-electron chi connectivity index (χ4n) is 2.36. The van der Waals surface area contributed by atoms with E-state index in [1.807, 2.05) is 0 Å². The van der Waals surface area contributed by atoms with Crippen molar-refractivity contribution in [2.75, 3.05) is 11.5 Å². The summed E-state index contributed by atoms with van der Waals surface area (Å²) in [5.74, 6) is -1.71. The predicted octanol–water partition coefficient (Wildman–Crippen LogP) is -0.654. The van der Waals surface area contributed by atoms with Gasteiger partial charge >= 0.3 is 5.97 Å². The molecule has 0 saturated carbocycles. The summed E-state index contributed by atoms with van der Waals surface area (Å²) in [5.41, 5.74) is 0.603. The Hall–Kier alpha value is -1.90. The Morgan fingerprint density at radius 2 is 2.29 bits per heavy atom. The number of sulfone groups is 1. The highest BCUT2D eigenvalue weighted by Gasteiger charge is 2.30. The van der Waals surface area contributed by atoms with Crippen molar-refractivity contribution in [1.82, 2.24) is 15.3 Å². The summed E-state index contributed by atoms with van der Waals surface area (Å²) >= 11 is 0. The second kappa shape index (κ2) is 6.25. The molecule has 21 heavy (non-hydrogen) atoms. The van der Waals surface area contributed by atoms with Crippen LogP contribution in [0.2, 0.25) is 0 Å². The Kier molecular flexibility index (Phi) is 4.61. The number of rotatable bonds is 6. The molecule has 2 unspecified atom stereocenters. The SMILES string of the molecule is O=C(CC1CCS(=O)(=O)C1)NC(Cc1cnc[nH]1)C(=O)O. The number of aromatic nitrogens is 2. The maximum atomic E-state index is 11.9. The van der Waals surface area contributed by atoms with Crippen LogP contribution in [0.25, 0.3) is 0 Å². The van der Waals surface area contributed by atoms with Crippen LogP contribution >= 0.6 is 0 Å². The van der Waals surface area contributed by atoms with Crippen LogP contribution in [-0.4, -0.2) is 52.9 Å². The number of carboxylic acids is 1. The van der Waals surface area contributed by atoms with Crippen LogP contribution in [0.1, 0.15) is 18.5 Å². The first kappa shape index (κ1) is 15.5. The summed E-state index contributed by atoms with van der Waals surface area (Å²) < 4.78 is 22.7. The van der Waals surface area contributed by atoms with E-state index in [1.165, 1.54) is 12.5 Å². The van der Waals surface area contributed by atoms with Crippen molar-refractivity contribution < 1.29 is 23.1 Å². The molecule has 0 aromatic carbocycles. The minimum absolute atomic E-state index is 0.00128. The van der Waals surface area contributed by atoms with Crippen LogP contribution in [0.3, 0.4) is 0 Å². The molecule has 2 heterocycles. The number of amides is 1. The van der Waals surface area contributed by atoms with Gasteiger partial charge in [0, 0.05) is 24.7 Å². The number of aromatic amines is 1. The average Bonchev–Trinajstić information content (AvgIpc) is 2.98. The van der Waals surface area contributed by atoms with Gasteiger partial charge in [0.1, 0.15) is 6.04 Å². The quantitative estimate of drug-likeness (QED) is 0.639. The molecule has 1 fully saturated rings. The van der Waals surface area contributed by atoms with Gasteiger partial charge in [-0.05, 0) is 12.3 Å². The number of nitrogens with zero attached hydrogens (tertiary/aromatic N) is 1. The Bertz CT molecular complexity index is 611. The van der Waals surface area contributed by atoms with Crippen LogP contribution in [-0.2, 0) is 25.8 Å². The van der Waals surface area contributed by atoms with Crippen molar-refractivity contribution in [2.24, 2.45) is 5.92 Å². The van der Waals surface area contributed by atoms with Crippen LogP contribution in [0.5, 0.6) is 0 Å². The Labute approximate surface area is 121 Å². The summed E-state index contributed by atoms with van der Waals surface area (Å²) in [5, 5.41) is 11.5. The lowest BCUT2D eigenvalue weighted by molar-refractivity contribution is -0.141. The van der Waals surface area contributed by atoms with Gasteiger partial charge in [-0.1, -0.05) is 0 Å². The fourth-order valence-corrected chi connectivity index (χ4v) is 4.23. The lowest BCUT2D eigenvalue weighted by Crippen LogP contribution is -2.43. The zero-order valence-corrected chi connectivity index (χ0v) is 12.1. The zero-order chi connectivity index (χ0) is 15.5. The smallest absolute Gasteiger partial charge is 0.326 e. The van der Waals surface area contributed by atoms with Gasteiger partial charge in [0.25, 0.3) is 0 Å². The molecule has 1 aliphatic rings. The molecule has 0 bridgehead atoms. The van der Waals surface area contributed by atoms with Crippen LogP contribution in [0.15, 0.2) is 12.5 Å². The number of carbonyl (C=O) groups is 2. The number of imidazole rings is 1. The number of aliphatic carboxylic acids is 1. The van der Waals surface area contributed by atoms with Crippen LogP contribution < -0.4 is 5.32 Å². The number of nitrogens with one attached hydrogen (secondary N) is 2. The van der Waals surface area contributed by atoms with E-state index in [0.717, 1.165) is 0 Å². The number of hydrogen-bond acceptors (Lipinski definition) is 5. The van der Waals surface area contributed by atoms with Crippen LogP contribution in [0.4, 0.5) is 0 Å². The summed E-state index contributed by atoms with van der Waals surface area (Å²) in [6, 6.07) is -1.06. The molecule has 9 heteroatoms. The van der Waals surface area contributed by atoms with Gasteiger partial charge in [0.05, 0.1) is 17.8 Å². The normalized spacial score (nSPS) is 21.8. The van der Waals surface area contributed by atoms with Gasteiger partial charge < -0.3 is 15.4 Å². The molecular formula is C12H17N3O5S. The maximum Gasteiger partial charge on any atom is 0.326 e. The number of carbonyl (C=O) groups excluding carboxylic acids is 1. The molecule has 0 aliphatic carbocycles. The molecule has 3 N–H and O–H groups in total. The number of carboxylic acid groups (broad SMARTS) is 1. The monoisotopic (exact) mass is 315 g/mol. The van der Waals surface area contributed by atoms with Crippen molar-refractivity contribution in [3.63, 3.8) is 0 Å². The molecule has 116 valence electrons. The van der Waals surface area contributed by atoms with Gasteiger partial charge in [-0.3, -0.25) is 4.79 Å². The van der Waals surface area contributed by atoms with Crippen molar-refractivity contribution in [2.45, 2.75) is 25.3 Å². The minimum atomic E-state index is -3.04. The van der Waals surface area contributed by atoms with E-state index in [1.54, 1.807) is 0 Å². The third-order valence-corrected chi connectivity index (χ3v) is 5.25. The molecule has 0 spiro atoms. The Balaban J connectivity index is 1.88. The first-order chi connectivity index (χ1) is 9.85. The Morgan fingerprint density at radius 1 is 1.52 bits per heavy atom. The zero-order valence-electron chi connectivity index (χ0n) is 11.3. The number of hydrogen-bond donors (Lipinski definition) is 3. The van der Waals surface area contributed by atoms with E-state index in [2.05, 4.69) is 15.3 Å². The third kappa shape index (κ3) is 4.55. The van der Waals surface area contributed by atoms with Gasteiger partial charge in [0.2, 0.25) is 5.91 Å². The van der Waals surface area contributed by atoms with Crippen LogP contribution in [0, 0.1) is 5.92 Å². The standard InChI is InChI=1S/C12H17N3O5S/c16-11(3-8-1-2-21(19,20)6-8)15-10(12(17)18)4-9-5-13-7-14-9/h5,7-8,10H,1-4,6H2,(H,13,14)(H,15,16)(H,17,18). The Morgan fingerprint density at radius 3 is 2.81 bits per heavy atom. The fraction of sp³-hybridized carbons (Fsp3) is 0.583. The van der Waals surface area contributed by atoms with Gasteiger partial charge in [-0.15, -0.1) is 0 Å². The van der Waals surface area contributed by atoms with Gasteiger partial charge in [0.15, 0.2) is 9.84 Å². The number of H-pyrrole nitrogens is 1. The molecule has 1 aromatic rings. The highest BCUT2D eigenvalue weighted by atomic mass is 32.2. The highest BCUT2D eigenvalue weighted by molar-refractivity contribution is 7.91. The first-order valence-corrected chi connectivity index (χ1v) is 8.38. The lowest BCUT2D eigenvalue weighted by Gasteiger charge is -2.15. The third-order valence-electron chi connectivity index (χ3n) is 3.41. The predicted molar refractivity (Wildman–Crippen MR) is 73.2 cm³/mol. The largest absolute Gasteiger partial charge is 0.480 e. The molecule has 2 rings (SSSR count). The average molecular weight is 315 g/mol. The molecular weight excluding hydrogens is 298 g/mol. The summed E-state index contributed by atoms with van der Waals surface area (Å²) in [6.07, 6.45) is 3.51. The van der Waals surface area contributed by atoms with E-state index >= 15 is 0 Å². The molecule has 1 aliphatic heterocycles. The molecule has 0 radical (unpaired) electrons. The molecule has 1 aromatic heterocycles. The van der Waals surface area contributed by atoms with Gasteiger partial charge in [-0.25, -0.2) is 18.2 Å². The minimum Gasteiger partial charge on any atom is -0.480 e. The van der Waals surface area contributed by atoms with E-state index < -0.39 is 27.8 Å². The second-order valence-corrected chi connectivity index (χ2v) is 7.44. The summed E-state index contributed by atoms with van der Waals surface area (Å²) in [4.78, 5) is 29.6. The highest BCUT2D eigenvalue weighted by Crippen LogP contribution is 2.21. The van der Waals surface area contributed by atoms with E-state index in [-0.39, 0.29) is 30.3 Å². The summed E-state index contributed by atoms with van der Waals surface area (Å²) in [6.45, 7) is 0. The van der Waals surface area contributed by atoms with Gasteiger partial charge in [-0.2, -0.15) is 0 Å². The van der Waals surface area contributed by atoms with E-state index in [0.29, 0.717) is 12.1 Å². The van der Waals surface area contributed by atoms with Crippen molar-refractivity contribution in [3.05, 3.63) is 18.2 Å². The maximum absolute atomic E-state index is 11.9. The van der Waals surface area contributed by atoms with Crippen molar-refractivity contribution in [1.29, 1.82) is 0 Å². The van der Waals surface area contributed by atoms with Crippen molar-refractivity contribution >= 4 is 21.7 Å². The molecule has 2 atom stereocenters. The molecule has 1 amide bonds. The van der Waals surface area contributed by atoms with E-state index in [4.69, 9.17) is 5.11 Å². The lowest BCUT2D eigenvalue weighted by atomic mass is 10.0. The first-order valence-electron chi connectivity index (χ1n) is 6.55. The van der Waals surface area contributed by atoms with E-state index in [9.17, 15) is 18.0 Å². The molecule has 1 saturated heterocycles.